The van der Waals surface area contributed by atoms with E-state index in [1.807, 2.05) is 11.8 Å². The summed E-state index contributed by atoms with van der Waals surface area (Å²) in [5, 5.41) is 0. The lowest BCUT2D eigenvalue weighted by molar-refractivity contribution is 0.665. The fourth-order valence-corrected chi connectivity index (χ4v) is 0.926. The summed E-state index contributed by atoms with van der Waals surface area (Å²) in [6.45, 7) is 0.612. The summed E-state index contributed by atoms with van der Waals surface area (Å²) in [5.41, 5.74) is 10.8. The third-order valence-corrected chi connectivity index (χ3v) is 1.64. The SMILES string of the molecule is CSCCC(N)CN.Cl.Cl. The van der Waals surface area contributed by atoms with Crippen LogP contribution < -0.4 is 11.5 Å². The van der Waals surface area contributed by atoms with Crippen molar-refractivity contribution in [3.05, 3.63) is 0 Å². The molecule has 0 heterocycles. The van der Waals surface area contributed by atoms with Gasteiger partial charge < -0.3 is 11.5 Å². The first kappa shape index (κ1) is 17.1. The van der Waals surface area contributed by atoms with Gasteiger partial charge in [-0.1, -0.05) is 0 Å². The maximum absolute atomic E-state index is 5.52. The average Bonchev–Trinajstić information content (AvgIpc) is 1.83. The Morgan fingerprint density at radius 3 is 2.20 bits per heavy atom. The molecule has 0 aromatic carbocycles. The van der Waals surface area contributed by atoms with E-state index >= 15 is 0 Å². The molecular weight excluding hydrogens is 191 g/mol. The lowest BCUT2D eigenvalue weighted by Crippen LogP contribution is -2.29. The van der Waals surface area contributed by atoms with E-state index in [1.165, 1.54) is 0 Å². The first-order valence-corrected chi connectivity index (χ1v) is 4.15. The van der Waals surface area contributed by atoms with Crippen LogP contribution in [0, 0.1) is 0 Å². The van der Waals surface area contributed by atoms with Gasteiger partial charge in [0.25, 0.3) is 0 Å². The van der Waals surface area contributed by atoms with Crippen molar-refractivity contribution in [2.45, 2.75) is 12.5 Å². The maximum Gasteiger partial charge on any atom is 0.0170 e. The van der Waals surface area contributed by atoms with Gasteiger partial charge in [-0.25, -0.2) is 0 Å². The van der Waals surface area contributed by atoms with Gasteiger partial charge in [-0.05, 0) is 18.4 Å². The zero-order chi connectivity index (χ0) is 6.41. The summed E-state index contributed by atoms with van der Waals surface area (Å²) in [6, 6.07) is 0.211. The Kier molecular flexibility index (Phi) is 21.4. The van der Waals surface area contributed by atoms with Crippen molar-refractivity contribution >= 4 is 36.6 Å². The van der Waals surface area contributed by atoms with Crippen molar-refractivity contribution < 1.29 is 0 Å². The molecule has 0 rings (SSSR count). The predicted octanol–water partition coefficient (Wildman–Crippen LogP) is 0.869. The lowest BCUT2D eigenvalue weighted by atomic mass is 10.2. The number of rotatable bonds is 4. The molecule has 0 aliphatic carbocycles. The van der Waals surface area contributed by atoms with Crippen molar-refractivity contribution in [2.24, 2.45) is 11.5 Å². The Morgan fingerprint density at radius 2 is 1.90 bits per heavy atom. The molecule has 0 saturated carbocycles. The molecular formula is C5H16Cl2N2S. The summed E-state index contributed by atoms with van der Waals surface area (Å²) in [4.78, 5) is 0. The van der Waals surface area contributed by atoms with Crippen LogP contribution in [0.3, 0.4) is 0 Å². The van der Waals surface area contributed by atoms with Crippen LogP contribution in [0.15, 0.2) is 0 Å². The quantitative estimate of drug-likeness (QED) is 0.719. The molecule has 1 unspecified atom stereocenters. The van der Waals surface area contributed by atoms with Gasteiger partial charge in [-0.15, -0.1) is 24.8 Å². The van der Waals surface area contributed by atoms with Gasteiger partial charge in [0.1, 0.15) is 0 Å². The van der Waals surface area contributed by atoms with Crippen molar-refractivity contribution in [3.63, 3.8) is 0 Å². The number of thioether (sulfide) groups is 1. The molecule has 10 heavy (non-hydrogen) atoms. The minimum absolute atomic E-state index is 0. The monoisotopic (exact) mass is 206 g/mol. The zero-order valence-corrected chi connectivity index (χ0v) is 8.53. The van der Waals surface area contributed by atoms with Gasteiger partial charge in [-0.3, -0.25) is 0 Å². The summed E-state index contributed by atoms with van der Waals surface area (Å²) in [5.74, 6) is 1.12. The Morgan fingerprint density at radius 1 is 1.40 bits per heavy atom. The highest BCUT2D eigenvalue weighted by Crippen LogP contribution is 1.96. The van der Waals surface area contributed by atoms with E-state index in [0.29, 0.717) is 6.54 Å². The standard InChI is InChI=1S/C5H14N2S.2ClH/c1-8-3-2-5(7)4-6;;/h5H,2-4,6-7H2,1H3;2*1H. The highest BCUT2D eigenvalue weighted by Gasteiger charge is 1.95. The number of halogens is 2. The number of hydrogen-bond donors (Lipinski definition) is 2. The van der Waals surface area contributed by atoms with Crippen LogP contribution in [0.5, 0.6) is 0 Å². The Bertz CT molecular complexity index is 56.9. The smallest absolute Gasteiger partial charge is 0.0170 e. The normalized spacial score (nSPS) is 11.1. The van der Waals surface area contributed by atoms with E-state index in [-0.39, 0.29) is 30.9 Å². The molecule has 0 aromatic heterocycles. The molecule has 1 atom stereocenters. The van der Waals surface area contributed by atoms with Gasteiger partial charge >= 0.3 is 0 Å². The van der Waals surface area contributed by atoms with Crippen LogP contribution >= 0.6 is 36.6 Å². The van der Waals surface area contributed by atoms with E-state index in [4.69, 9.17) is 11.5 Å². The molecule has 0 bridgehead atoms. The highest BCUT2D eigenvalue weighted by molar-refractivity contribution is 7.98. The van der Waals surface area contributed by atoms with Crippen LogP contribution in [-0.2, 0) is 0 Å². The molecule has 0 saturated heterocycles. The topological polar surface area (TPSA) is 52.0 Å². The van der Waals surface area contributed by atoms with Crippen LogP contribution in [0.2, 0.25) is 0 Å². The Labute approximate surface area is 79.3 Å². The van der Waals surface area contributed by atoms with Crippen LogP contribution in [-0.4, -0.2) is 24.6 Å². The zero-order valence-electron chi connectivity index (χ0n) is 6.08. The van der Waals surface area contributed by atoms with Gasteiger partial charge in [-0.2, -0.15) is 11.8 Å². The van der Waals surface area contributed by atoms with Crippen LogP contribution in [0.4, 0.5) is 0 Å². The molecule has 0 aliphatic heterocycles. The Hall–Kier alpha value is 0.850. The predicted molar refractivity (Wildman–Crippen MR) is 54.5 cm³/mol. The molecule has 0 amide bonds. The summed E-state index contributed by atoms with van der Waals surface area (Å²) in [7, 11) is 0. The first-order valence-electron chi connectivity index (χ1n) is 2.76. The third kappa shape index (κ3) is 11.6. The summed E-state index contributed by atoms with van der Waals surface area (Å²) >= 11 is 1.81. The molecule has 2 nitrogen and oxygen atoms in total. The highest BCUT2D eigenvalue weighted by atomic mass is 35.5. The molecule has 0 spiro atoms. The van der Waals surface area contributed by atoms with Crippen LogP contribution in [0.25, 0.3) is 0 Å². The minimum atomic E-state index is 0. The summed E-state index contributed by atoms with van der Waals surface area (Å²) < 4.78 is 0. The fraction of sp³-hybridized carbons (Fsp3) is 1.00. The number of hydrogen-bond acceptors (Lipinski definition) is 3. The van der Waals surface area contributed by atoms with Crippen molar-refractivity contribution in [1.29, 1.82) is 0 Å². The van der Waals surface area contributed by atoms with Crippen molar-refractivity contribution in [1.82, 2.24) is 0 Å². The second-order valence-corrected chi connectivity index (χ2v) is 2.76. The molecule has 0 aliphatic rings. The molecule has 66 valence electrons. The van der Waals surface area contributed by atoms with Gasteiger partial charge in [0.15, 0.2) is 0 Å². The van der Waals surface area contributed by atoms with E-state index in [9.17, 15) is 0 Å². The third-order valence-electron chi connectivity index (χ3n) is 0.996. The van der Waals surface area contributed by atoms with E-state index in [2.05, 4.69) is 6.26 Å². The largest absolute Gasteiger partial charge is 0.329 e. The fourth-order valence-electron chi connectivity index (χ4n) is 0.387. The van der Waals surface area contributed by atoms with E-state index < -0.39 is 0 Å². The van der Waals surface area contributed by atoms with Crippen molar-refractivity contribution in [3.8, 4) is 0 Å². The van der Waals surface area contributed by atoms with Gasteiger partial charge in [0.2, 0.25) is 0 Å². The lowest BCUT2D eigenvalue weighted by Gasteiger charge is -2.04. The van der Waals surface area contributed by atoms with Crippen LogP contribution in [0.1, 0.15) is 6.42 Å². The molecule has 0 aromatic rings. The molecule has 0 radical (unpaired) electrons. The number of nitrogens with two attached hydrogens (primary N) is 2. The van der Waals surface area contributed by atoms with Gasteiger partial charge in [0.05, 0.1) is 0 Å². The molecule has 5 heteroatoms. The second kappa shape index (κ2) is 12.5. The first-order chi connectivity index (χ1) is 3.81. The Balaban J connectivity index is -0.000000245. The summed E-state index contributed by atoms with van der Waals surface area (Å²) in [6.07, 6.45) is 3.11. The van der Waals surface area contributed by atoms with E-state index in [0.717, 1.165) is 12.2 Å². The van der Waals surface area contributed by atoms with Crippen molar-refractivity contribution in [2.75, 3.05) is 18.6 Å². The van der Waals surface area contributed by atoms with E-state index in [1.54, 1.807) is 0 Å². The minimum Gasteiger partial charge on any atom is -0.329 e. The molecule has 4 N–H and O–H groups in total. The second-order valence-electron chi connectivity index (χ2n) is 1.78. The molecule has 0 fully saturated rings. The maximum atomic E-state index is 5.52. The van der Waals surface area contributed by atoms with Gasteiger partial charge in [0, 0.05) is 12.6 Å². The average molecular weight is 207 g/mol.